The molecule has 0 radical (unpaired) electrons. The minimum absolute atomic E-state index is 0.0480. The SMILES string of the molecule is O=c1ccc2ncc(F)c3c2n1[C@H](CN1CCC(NCc2cc4c(cn2)OCCC4)[C@@H](O)C1)CO3. The number of aliphatic hydroxyl groups excluding tert-OH is 1. The fourth-order valence-corrected chi connectivity index (χ4v) is 5.39. The summed E-state index contributed by atoms with van der Waals surface area (Å²) in [6, 6.07) is 4.80. The maximum absolute atomic E-state index is 14.3. The molecule has 0 spiro atoms. The minimum Gasteiger partial charge on any atom is -0.492 e. The molecule has 184 valence electrons. The molecule has 35 heavy (non-hydrogen) atoms. The van der Waals surface area contributed by atoms with Crippen LogP contribution in [0.15, 0.2) is 35.4 Å². The van der Waals surface area contributed by atoms with Crippen molar-refractivity contribution in [3.63, 3.8) is 0 Å². The molecular formula is C25H28FN5O4. The highest BCUT2D eigenvalue weighted by molar-refractivity contribution is 5.82. The van der Waals surface area contributed by atoms with Gasteiger partial charge in [0.15, 0.2) is 11.6 Å². The van der Waals surface area contributed by atoms with Crippen molar-refractivity contribution in [1.82, 2.24) is 24.8 Å². The van der Waals surface area contributed by atoms with Crippen LogP contribution in [0.3, 0.4) is 0 Å². The van der Waals surface area contributed by atoms with Crippen LogP contribution in [0, 0.1) is 5.82 Å². The smallest absolute Gasteiger partial charge is 0.251 e. The van der Waals surface area contributed by atoms with E-state index < -0.39 is 11.9 Å². The number of β-amino-alcohol motifs (C(OH)–C–C–N with tert-alkyl or cyclic N) is 1. The van der Waals surface area contributed by atoms with Crippen LogP contribution in [0.2, 0.25) is 0 Å². The van der Waals surface area contributed by atoms with Gasteiger partial charge in [-0.1, -0.05) is 0 Å². The van der Waals surface area contributed by atoms with E-state index in [1.54, 1.807) is 16.8 Å². The molecule has 0 amide bonds. The molecule has 3 aromatic heterocycles. The molecule has 9 nitrogen and oxygen atoms in total. The number of aryl methyl sites for hydroxylation is 1. The summed E-state index contributed by atoms with van der Waals surface area (Å²) < 4.78 is 27.2. The molecule has 1 unspecified atom stereocenters. The average molecular weight is 482 g/mol. The Hall–Kier alpha value is -3.08. The third-order valence-corrected chi connectivity index (χ3v) is 7.17. The van der Waals surface area contributed by atoms with Gasteiger partial charge >= 0.3 is 0 Å². The highest BCUT2D eigenvalue weighted by atomic mass is 19.1. The van der Waals surface area contributed by atoms with E-state index in [0.29, 0.717) is 30.7 Å². The Balaban J connectivity index is 1.10. The van der Waals surface area contributed by atoms with Crippen LogP contribution in [-0.4, -0.2) is 69.5 Å². The third-order valence-electron chi connectivity index (χ3n) is 7.17. The van der Waals surface area contributed by atoms with E-state index in [1.807, 2.05) is 0 Å². The molecule has 10 heteroatoms. The normalized spacial score (nSPS) is 24.0. The van der Waals surface area contributed by atoms with Gasteiger partial charge in [-0.15, -0.1) is 0 Å². The van der Waals surface area contributed by atoms with E-state index in [1.165, 1.54) is 11.6 Å². The molecule has 1 fully saturated rings. The number of likely N-dealkylation sites (tertiary alicyclic amines) is 1. The molecule has 0 saturated carbocycles. The Labute approximate surface area is 201 Å². The van der Waals surface area contributed by atoms with Gasteiger partial charge in [0.2, 0.25) is 0 Å². The zero-order chi connectivity index (χ0) is 23.9. The quantitative estimate of drug-likeness (QED) is 0.564. The van der Waals surface area contributed by atoms with Gasteiger partial charge in [0.1, 0.15) is 17.9 Å². The summed E-state index contributed by atoms with van der Waals surface area (Å²) in [5.74, 6) is 0.378. The fraction of sp³-hybridized carbons (Fsp3) is 0.480. The number of aliphatic hydroxyl groups is 1. The van der Waals surface area contributed by atoms with Crippen molar-refractivity contribution < 1.29 is 19.0 Å². The molecule has 0 aliphatic carbocycles. The van der Waals surface area contributed by atoms with Gasteiger partial charge in [0.05, 0.1) is 42.4 Å². The van der Waals surface area contributed by atoms with E-state index in [-0.39, 0.29) is 30.0 Å². The van der Waals surface area contributed by atoms with Gasteiger partial charge in [0.25, 0.3) is 5.56 Å². The molecule has 0 aromatic carbocycles. The van der Waals surface area contributed by atoms with Crippen LogP contribution in [0.1, 0.15) is 30.1 Å². The van der Waals surface area contributed by atoms with Gasteiger partial charge in [-0.2, -0.15) is 0 Å². The van der Waals surface area contributed by atoms with Gasteiger partial charge in [-0.3, -0.25) is 24.2 Å². The number of ether oxygens (including phenoxy) is 2. The highest BCUT2D eigenvalue weighted by Crippen LogP contribution is 2.33. The number of fused-ring (bicyclic) bond motifs is 1. The lowest BCUT2D eigenvalue weighted by atomic mass is 10.0. The predicted molar refractivity (Wildman–Crippen MR) is 126 cm³/mol. The maximum atomic E-state index is 14.3. The topological polar surface area (TPSA) is 102 Å². The molecule has 3 aromatic rings. The zero-order valence-corrected chi connectivity index (χ0v) is 19.3. The Kier molecular flexibility index (Phi) is 5.87. The van der Waals surface area contributed by atoms with Gasteiger partial charge in [-0.25, -0.2) is 4.39 Å². The van der Waals surface area contributed by atoms with Crippen LogP contribution < -0.4 is 20.3 Å². The highest BCUT2D eigenvalue weighted by Gasteiger charge is 2.32. The number of hydrogen-bond acceptors (Lipinski definition) is 8. The lowest BCUT2D eigenvalue weighted by Gasteiger charge is -2.39. The largest absolute Gasteiger partial charge is 0.492 e. The van der Waals surface area contributed by atoms with Crippen LogP contribution >= 0.6 is 0 Å². The third kappa shape index (κ3) is 4.26. The van der Waals surface area contributed by atoms with Crippen molar-refractivity contribution in [1.29, 1.82) is 0 Å². The van der Waals surface area contributed by atoms with E-state index in [2.05, 4.69) is 26.3 Å². The number of nitrogens with one attached hydrogen (secondary N) is 1. The summed E-state index contributed by atoms with van der Waals surface area (Å²) in [6.07, 6.45) is 5.13. The van der Waals surface area contributed by atoms with E-state index in [4.69, 9.17) is 9.47 Å². The second kappa shape index (κ2) is 9.18. The van der Waals surface area contributed by atoms with Crippen molar-refractivity contribution in [3.05, 3.63) is 58.0 Å². The summed E-state index contributed by atoms with van der Waals surface area (Å²) in [5.41, 5.74) is 2.84. The number of aromatic nitrogens is 3. The molecule has 2 N–H and O–H groups in total. The first kappa shape index (κ1) is 22.4. The van der Waals surface area contributed by atoms with Crippen molar-refractivity contribution >= 4 is 11.0 Å². The Bertz CT molecular complexity index is 1310. The molecule has 0 bridgehead atoms. The fourth-order valence-electron chi connectivity index (χ4n) is 5.39. The minimum atomic E-state index is -0.571. The van der Waals surface area contributed by atoms with Crippen molar-refractivity contribution in [2.24, 2.45) is 0 Å². The number of halogens is 1. The van der Waals surface area contributed by atoms with E-state index in [9.17, 15) is 14.3 Å². The standard InChI is InChI=1S/C25H28FN5O4/c26-18-10-29-20-3-4-23(33)31-17(14-35-25(18)24(20)31)12-30-6-5-19(21(32)13-30)28-9-16-8-15-2-1-7-34-22(15)11-27-16/h3-4,8,10-11,17,19,21,28,32H,1-2,5-7,9,12-14H2/t17-,19?,21+/m1/s1. The van der Waals surface area contributed by atoms with Crippen LogP contribution in [-0.2, 0) is 13.0 Å². The number of rotatable bonds is 5. The summed E-state index contributed by atoms with van der Waals surface area (Å²) in [5, 5.41) is 14.3. The second-order valence-electron chi connectivity index (χ2n) is 9.51. The Morgan fingerprint density at radius 1 is 1.23 bits per heavy atom. The summed E-state index contributed by atoms with van der Waals surface area (Å²) in [4.78, 5) is 23.4. The second-order valence-corrected chi connectivity index (χ2v) is 9.51. The van der Waals surface area contributed by atoms with Gasteiger partial charge in [0, 0.05) is 31.7 Å². The maximum Gasteiger partial charge on any atom is 0.251 e. The zero-order valence-electron chi connectivity index (χ0n) is 19.3. The Morgan fingerprint density at radius 3 is 3.03 bits per heavy atom. The van der Waals surface area contributed by atoms with Crippen LogP contribution in [0.5, 0.6) is 11.5 Å². The van der Waals surface area contributed by atoms with Crippen molar-refractivity contribution in [3.8, 4) is 11.5 Å². The summed E-state index contributed by atoms with van der Waals surface area (Å²) in [6.45, 7) is 3.26. The van der Waals surface area contributed by atoms with Crippen molar-refractivity contribution in [2.45, 2.75) is 44.0 Å². The molecular weight excluding hydrogens is 453 g/mol. The molecule has 6 rings (SSSR count). The van der Waals surface area contributed by atoms with Gasteiger partial charge in [-0.05, 0) is 43.5 Å². The molecule has 1 saturated heterocycles. The molecule has 3 aliphatic rings. The first-order valence-corrected chi connectivity index (χ1v) is 12.1. The summed E-state index contributed by atoms with van der Waals surface area (Å²) in [7, 11) is 0. The monoisotopic (exact) mass is 481 g/mol. The molecule has 3 aliphatic heterocycles. The Morgan fingerprint density at radius 2 is 2.14 bits per heavy atom. The molecule has 6 heterocycles. The first-order valence-electron chi connectivity index (χ1n) is 12.1. The van der Waals surface area contributed by atoms with Crippen LogP contribution in [0.4, 0.5) is 4.39 Å². The number of nitrogens with zero attached hydrogens (tertiary/aromatic N) is 4. The van der Waals surface area contributed by atoms with E-state index >= 15 is 0 Å². The predicted octanol–water partition coefficient (Wildman–Crippen LogP) is 1.41. The first-order chi connectivity index (χ1) is 17.1. The average Bonchev–Trinajstić information content (AvgIpc) is 2.87. The number of pyridine rings is 3. The number of hydrogen-bond donors (Lipinski definition) is 2. The lowest BCUT2D eigenvalue weighted by Crippen LogP contribution is -2.54. The van der Waals surface area contributed by atoms with Gasteiger partial charge < -0.3 is 19.9 Å². The van der Waals surface area contributed by atoms with E-state index in [0.717, 1.165) is 50.1 Å². The van der Waals surface area contributed by atoms with Crippen molar-refractivity contribution in [2.75, 3.05) is 32.8 Å². The molecule has 3 atom stereocenters. The van der Waals surface area contributed by atoms with Crippen LogP contribution in [0.25, 0.3) is 11.0 Å². The lowest BCUT2D eigenvalue weighted by molar-refractivity contribution is 0.0294. The summed E-state index contributed by atoms with van der Waals surface area (Å²) >= 11 is 0. The number of piperidine rings is 1.